The Bertz CT molecular complexity index is 541. The van der Waals surface area contributed by atoms with E-state index in [-0.39, 0.29) is 22.3 Å². The molecule has 2 rings (SSSR count). The maximum atomic E-state index is 3.46. The molecule has 0 aromatic rings. The van der Waals surface area contributed by atoms with Crippen molar-refractivity contribution in [3.63, 3.8) is 0 Å². The standard InChI is InChI=1S/C11H25N.C10H20.C8H16.C7H16.C6H15N.C6H14.3CH4/c1-4-5-9-12-10-7-6-8-11(2)3;1-9(2)8-10-6-4-3-5-7-10;1-7(2)8-5-3-4-6-8;1-4-5-6-7(2)3;1-6(2)4-5-7-3;1-4-5-6(2)3;;;/h11-12H,4-10H2,1-3H3;9-10H,3-8H2,1-2H3;7-8H,3-6H2,1-2H3;7H,4-6H2,1-3H3;6-7H,4-5H2,1-3H3;6H,4-5H2,1-3H3;3*1H4. The number of unbranched alkanes of at least 4 members (excludes halogenated alkanes) is 3. The smallest absolute Gasteiger partial charge is 0.00489 e. The molecule has 0 unspecified atom stereocenters. The minimum atomic E-state index is 0. The minimum Gasteiger partial charge on any atom is -0.320 e. The molecule has 0 aromatic heterocycles. The van der Waals surface area contributed by atoms with Crippen molar-refractivity contribution in [2.24, 2.45) is 47.3 Å². The third-order valence-corrected chi connectivity index (χ3v) is 9.94. The molecule has 0 amide bonds. The molecular weight excluding hydrogens is 641 g/mol. The van der Waals surface area contributed by atoms with E-state index in [0.29, 0.717) is 0 Å². The van der Waals surface area contributed by atoms with E-state index >= 15 is 0 Å². The van der Waals surface area contributed by atoms with Gasteiger partial charge in [0.2, 0.25) is 0 Å². The van der Waals surface area contributed by atoms with Gasteiger partial charge in [0, 0.05) is 0 Å². The first-order valence-corrected chi connectivity index (χ1v) is 23.0. The molecule has 2 N–H and O–H groups in total. The summed E-state index contributed by atoms with van der Waals surface area (Å²) < 4.78 is 0. The van der Waals surface area contributed by atoms with Gasteiger partial charge in [0.1, 0.15) is 0 Å². The lowest BCUT2D eigenvalue weighted by Gasteiger charge is -2.22. The normalized spacial score (nSPS) is 13.9. The van der Waals surface area contributed by atoms with Gasteiger partial charge in [-0.1, -0.05) is 235 Å². The monoisotopic (exact) mass is 759 g/mol. The molecule has 0 radical (unpaired) electrons. The zero-order valence-corrected chi connectivity index (χ0v) is 38.6. The highest BCUT2D eigenvalue weighted by atomic mass is 14.8. The predicted octanol–water partition coefficient (Wildman–Crippen LogP) is 18.1. The van der Waals surface area contributed by atoms with Crippen molar-refractivity contribution < 1.29 is 0 Å². The SMILES string of the molecule is C.C.C.CC(C)C1CCCC1.CC(C)CC1CCCCC1.CCCC(C)C.CCCCC(C)C.CCCCNCCCCC(C)C.CNCCC(C)C. The van der Waals surface area contributed by atoms with Crippen LogP contribution in [0.3, 0.4) is 0 Å². The quantitative estimate of drug-likeness (QED) is 0.128. The Morgan fingerprint density at radius 3 is 1.17 bits per heavy atom. The first-order chi connectivity index (χ1) is 23.7. The Hall–Kier alpha value is -0.0800. The molecule has 53 heavy (non-hydrogen) atoms. The van der Waals surface area contributed by atoms with E-state index in [4.69, 9.17) is 0 Å². The van der Waals surface area contributed by atoms with Gasteiger partial charge in [-0.2, -0.15) is 0 Å². The Morgan fingerprint density at radius 1 is 0.434 bits per heavy atom. The van der Waals surface area contributed by atoms with Crippen LogP contribution in [0.2, 0.25) is 0 Å². The van der Waals surface area contributed by atoms with Crippen LogP contribution in [0, 0.1) is 47.3 Å². The molecule has 0 heterocycles. The highest BCUT2D eigenvalue weighted by Crippen LogP contribution is 2.30. The highest BCUT2D eigenvalue weighted by molar-refractivity contribution is 4.69. The van der Waals surface area contributed by atoms with Crippen molar-refractivity contribution in [1.82, 2.24) is 10.6 Å². The van der Waals surface area contributed by atoms with Crippen molar-refractivity contribution in [3.05, 3.63) is 0 Å². The molecule has 2 aliphatic carbocycles. The highest BCUT2D eigenvalue weighted by Gasteiger charge is 2.17. The first-order valence-electron chi connectivity index (χ1n) is 23.0. The third-order valence-electron chi connectivity index (χ3n) is 9.94. The summed E-state index contributed by atoms with van der Waals surface area (Å²) >= 11 is 0. The minimum absolute atomic E-state index is 0. The van der Waals surface area contributed by atoms with E-state index in [9.17, 15) is 0 Å². The molecule has 0 saturated heterocycles. The van der Waals surface area contributed by atoms with Crippen molar-refractivity contribution in [1.29, 1.82) is 0 Å². The van der Waals surface area contributed by atoms with E-state index in [0.717, 1.165) is 53.9 Å². The van der Waals surface area contributed by atoms with Gasteiger partial charge in [-0.3, -0.25) is 0 Å². The Morgan fingerprint density at radius 2 is 0.868 bits per heavy atom. The van der Waals surface area contributed by atoms with Crippen molar-refractivity contribution in [2.45, 2.75) is 261 Å². The number of rotatable bonds is 19. The lowest BCUT2D eigenvalue weighted by molar-refractivity contribution is 0.305. The van der Waals surface area contributed by atoms with Crippen LogP contribution < -0.4 is 10.6 Å². The lowest BCUT2D eigenvalue weighted by Crippen LogP contribution is -2.16. The molecule has 2 nitrogen and oxygen atoms in total. The van der Waals surface area contributed by atoms with E-state index in [1.165, 1.54) is 148 Å². The summed E-state index contributed by atoms with van der Waals surface area (Å²) in [5, 5.41) is 6.56. The fraction of sp³-hybridized carbons (Fsp3) is 1.00. The lowest BCUT2D eigenvalue weighted by atomic mass is 9.84. The van der Waals surface area contributed by atoms with E-state index in [1.54, 1.807) is 0 Å². The second-order valence-corrected chi connectivity index (χ2v) is 18.4. The average molecular weight is 760 g/mol. The van der Waals surface area contributed by atoms with E-state index in [2.05, 4.69) is 114 Å². The van der Waals surface area contributed by atoms with Crippen LogP contribution in [0.4, 0.5) is 0 Å². The molecule has 0 atom stereocenters. The van der Waals surface area contributed by atoms with Crippen LogP contribution in [0.25, 0.3) is 0 Å². The predicted molar refractivity (Wildman–Crippen MR) is 257 cm³/mol. The molecule has 0 aromatic carbocycles. The molecule has 2 heteroatoms. The van der Waals surface area contributed by atoms with Crippen LogP contribution >= 0.6 is 0 Å². The Labute approximate surface area is 344 Å². The van der Waals surface area contributed by atoms with Gasteiger partial charge in [0.05, 0.1) is 0 Å². The fourth-order valence-electron chi connectivity index (χ4n) is 6.57. The summed E-state index contributed by atoms with van der Waals surface area (Å²) in [7, 11) is 1.99. The Kier molecular flexibility index (Phi) is 69.0. The van der Waals surface area contributed by atoms with Crippen molar-refractivity contribution >= 4 is 0 Å². The topological polar surface area (TPSA) is 24.1 Å². The van der Waals surface area contributed by atoms with Gasteiger partial charge < -0.3 is 10.6 Å². The van der Waals surface area contributed by atoms with Gasteiger partial charge >= 0.3 is 0 Å². The van der Waals surface area contributed by atoms with Crippen molar-refractivity contribution in [3.8, 4) is 0 Å². The summed E-state index contributed by atoms with van der Waals surface area (Å²) in [6.07, 6.45) is 29.8. The molecular formula is C51H118N2. The summed E-state index contributed by atoms with van der Waals surface area (Å²) in [6.45, 7) is 37.8. The first kappa shape index (κ1) is 67.7. The maximum Gasteiger partial charge on any atom is -0.00489 e. The maximum absolute atomic E-state index is 3.46. The molecule has 2 fully saturated rings. The Balaban J connectivity index is -0.0000000962. The largest absolute Gasteiger partial charge is 0.320 e. The molecule has 332 valence electrons. The van der Waals surface area contributed by atoms with Crippen LogP contribution in [0.5, 0.6) is 0 Å². The number of hydrogen-bond acceptors (Lipinski definition) is 2. The average Bonchev–Trinajstić information content (AvgIpc) is 3.60. The zero-order valence-electron chi connectivity index (χ0n) is 38.6. The molecule has 2 aliphatic rings. The van der Waals surface area contributed by atoms with E-state index in [1.807, 2.05) is 7.05 Å². The zero-order chi connectivity index (χ0) is 39.0. The molecule has 0 spiro atoms. The van der Waals surface area contributed by atoms with Gasteiger partial charge in [-0.25, -0.2) is 0 Å². The van der Waals surface area contributed by atoms with Crippen LogP contribution in [0.1, 0.15) is 261 Å². The summed E-state index contributed by atoms with van der Waals surface area (Å²) in [4.78, 5) is 0. The van der Waals surface area contributed by atoms with Gasteiger partial charge in [0.25, 0.3) is 0 Å². The van der Waals surface area contributed by atoms with Gasteiger partial charge in [0.15, 0.2) is 0 Å². The fourth-order valence-corrected chi connectivity index (χ4v) is 6.57. The number of hydrogen-bond donors (Lipinski definition) is 2. The number of nitrogens with one attached hydrogen (secondary N) is 2. The van der Waals surface area contributed by atoms with Crippen LogP contribution in [-0.4, -0.2) is 26.7 Å². The second kappa shape index (κ2) is 54.0. The van der Waals surface area contributed by atoms with Gasteiger partial charge in [-0.05, 0) is 99.7 Å². The molecule has 0 bridgehead atoms. The summed E-state index contributed by atoms with van der Waals surface area (Å²) in [6, 6.07) is 0. The summed E-state index contributed by atoms with van der Waals surface area (Å²) in [5.41, 5.74) is 0. The van der Waals surface area contributed by atoms with E-state index < -0.39 is 0 Å². The molecule has 0 aliphatic heterocycles. The summed E-state index contributed by atoms with van der Waals surface area (Å²) in [5.74, 6) is 7.52. The van der Waals surface area contributed by atoms with Crippen molar-refractivity contribution in [2.75, 3.05) is 26.7 Å². The third kappa shape index (κ3) is 70.2. The molecule has 2 saturated carbocycles. The second-order valence-electron chi connectivity index (χ2n) is 18.4. The van der Waals surface area contributed by atoms with Crippen LogP contribution in [-0.2, 0) is 0 Å². The van der Waals surface area contributed by atoms with Crippen LogP contribution in [0.15, 0.2) is 0 Å². The van der Waals surface area contributed by atoms with Gasteiger partial charge in [-0.15, -0.1) is 0 Å².